The highest BCUT2D eigenvalue weighted by atomic mass is 14.4. The second-order valence-electron chi connectivity index (χ2n) is 17.9. The largest absolute Gasteiger partial charge is 0.0619 e. The zero-order valence-electron chi connectivity index (χ0n) is 34.0. The first-order valence-corrected chi connectivity index (χ1v) is 21.6. The molecule has 13 aromatic carbocycles. The van der Waals surface area contributed by atoms with Gasteiger partial charge >= 0.3 is 0 Å². The van der Waals surface area contributed by atoms with Gasteiger partial charge in [-0.05, 0) is 154 Å². The number of hydrogen-bond donors (Lipinski definition) is 0. The summed E-state index contributed by atoms with van der Waals surface area (Å²) in [4.78, 5) is 0. The minimum Gasteiger partial charge on any atom is -0.0619 e. The fraction of sp³-hybridized carbons (Fsp3) is 0.0492. The average molecular weight is 771 g/mol. The second kappa shape index (κ2) is 11.8. The molecule has 0 N–H and O–H groups in total. The Balaban J connectivity index is 1.11. The standard InChI is InChI=1S/C61H38/c1-61(2)53-16-6-5-13-43(53)44-27-25-42(34-54(44)61)41-26-32-51-52(33-41)60(50-31-24-40-20-18-36-10-8-12-38-22-29-48(50)58(40)56(36)38)46-15-4-3-14-45(46)59(51)49-30-23-39-19-17-35-9-7-11-37-21-28-47(49)57(39)55(35)37/h3-34H,1-2H3. The fourth-order valence-corrected chi connectivity index (χ4v) is 11.7. The van der Waals surface area contributed by atoms with Gasteiger partial charge in [-0.2, -0.15) is 0 Å². The Labute approximate surface area is 353 Å². The molecule has 0 atom stereocenters. The van der Waals surface area contributed by atoms with E-state index in [0.29, 0.717) is 0 Å². The monoisotopic (exact) mass is 770 g/mol. The van der Waals surface area contributed by atoms with Crippen molar-refractivity contribution in [2.24, 2.45) is 0 Å². The van der Waals surface area contributed by atoms with Crippen molar-refractivity contribution in [3.8, 4) is 44.5 Å². The van der Waals surface area contributed by atoms with Crippen LogP contribution in [-0.4, -0.2) is 0 Å². The quantitative estimate of drug-likeness (QED) is 0.124. The maximum atomic E-state index is 2.51. The summed E-state index contributed by atoms with van der Waals surface area (Å²) in [7, 11) is 0. The van der Waals surface area contributed by atoms with E-state index in [-0.39, 0.29) is 5.41 Å². The highest BCUT2D eigenvalue weighted by Gasteiger charge is 2.35. The molecule has 0 saturated heterocycles. The van der Waals surface area contributed by atoms with Crippen LogP contribution in [0.3, 0.4) is 0 Å². The summed E-state index contributed by atoms with van der Waals surface area (Å²) < 4.78 is 0. The summed E-state index contributed by atoms with van der Waals surface area (Å²) in [6, 6.07) is 74.0. The van der Waals surface area contributed by atoms with Crippen LogP contribution in [0.4, 0.5) is 0 Å². The molecule has 13 aromatic rings. The molecule has 0 aromatic heterocycles. The van der Waals surface area contributed by atoms with Crippen LogP contribution in [0.15, 0.2) is 194 Å². The van der Waals surface area contributed by atoms with Gasteiger partial charge in [-0.15, -0.1) is 0 Å². The molecule has 0 fully saturated rings. The van der Waals surface area contributed by atoms with Gasteiger partial charge in [-0.1, -0.05) is 196 Å². The van der Waals surface area contributed by atoms with Crippen LogP contribution in [0.25, 0.3) is 131 Å². The predicted octanol–water partition coefficient (Wildman–Crippen LogP) is 17.1. The van der Waals surface area contributed by atoms with E-state index in [4.69, 9.17) is 0 Å². The highest BCUT2D eigenvalue weighted by molar-refractivity contribution is 6.32. The summed E-state index contributed by atoms with van der Waals surface area (Å²) in [5.74, 6) is 0. The lowest BCUT2D eigenvalue weighted by atomic mass is 9.80. The molecule has 0 saturated carbocycles. The van der Waals surface area contributed by atoms with Crippen LogP contribution in [0, 0.1) is 0 Å². The average Bonchev–Trinajstić information content (AvgIpc) is 3.54. The van der Waals surface area contributed by atoms with Gasteiger partial charge in [-0.3, -0.25) is 0 Å². The number of hydrogen-bond acceptors (Lipinski definition) is 0. The molecule has 282 valence electrons. The van der Waals surface area contributed by atoms with Crippen molar-refractivity contribution in [3.63, 3.8) is 0 Å². The van der Waals surface area contributed by atoms with Crippen molar-refractivity contribution >= 4 is 86.2 Å². The maximum absolute atomic E-state index is 2.51. The molecule has 0 aliphatic heterocycles. The van der Waals surface area contributed by atoms with Crippen molar-refractivity contribution in [3.05, 3.63) is 205 Å². The van der Waals surface area contributed by atoms with Gasteiger partial charge in [0.15, 0.2) is 0 Å². The van der Waals surface area contributed by atoms with Crippen molar-refractivity contribution in [1.29, 1.82) is 0 Å². The molecule has 0 heterocycles. The van der Waals surface area contributed by atoms with Gasteiger partial charge in [0.1, 0.15) is 0 Å². The summed E-state index contributed by atoms with van der Waals surface area (Å²) in [5, 5.41) is 20.8. The normalized spacial score (nSPS) is 13.5. The molecular formula is C61H38. The minimum absolute atomic E-state index is 0.0793. The van der Waals surface area contributed by atoms with E-state index in [1.807, 2.05) is 0 Å². The summed E-state index contributed by atoms with van der Waals surface area (Å²) >= 11 is 0. The van der Waals surface area contributed by atoms with E-state index in [2.05, 4.69) is 208 Å². The Morgan fingerprint density at radius 2 is 0.672 bits per heavy atom. The lowest BCUT2D eigenvalue weighted by molar-refractivity contribution is 0.660. The van der Waals surface area contributed by atoms with Crippen molar-refractivity contribution in [1.82, 2.24) is 0 Å². The zero-order valence-corrected chi connectivity index (χ0v) is 34.0. The van der Waals surface area contributed by atoms with Gasteiger partial charge in [0.25, 0.3) is 0 Å². The van der Waals surface area contributed by atoms with E-state index in [1.54, 1.807) is 0 Å². The zero-order chi connectivity index (χ0) is 40.1. The van der Waals surface area contributed by atoms with Gasteiger partial charge in [-0.25, -0.2) is 0 Å². The van der Waals surface area contributed by atoms with Crippen molar-refractivity contribution < 1.29 is 0 Å². The Kier molecular flexibility index (Phi) is 6.45. The minimum atomic E-state index is -0.0793. The van der Waals surface area contributed by atoms with Gasteiger partial charge in [0.2, 0.25) is 0 Å². The first kappa shape index (κ1) is 33.3. The molecular weight excluding hydrogens is 733 g/mol. The fourth-order valence-electron chi connectivity index (χ4n) is 11.7. The lowest BCUT2D eigenvalue weighted by Crippen LogP contribution is -2.14. The third-order valence-corrected chi connectivity index (χ3v) is 14.5. The van der Waals surface area contributed by atoms with E-state index in [9.17, 15) is 0 Å². The van der Waals surface area contributed by atoms with Crippen LogP contribution in [0.5, 0.6) is 0 Å². The molecule has 0 nitrogen and oxygen atoms in total. The van der Waals surface area contributed by atoms with Gasteiger partial charge in [0, 0.05) is 5.41 Å². The summed E-state index contributed by atoms with van der Waals surface area (Å²) in [6.07, 6.45) is 0. The summed E-state index contributed by atoms with van der Waals surface area (Å²) in [6.45, 7) is 4.76. The second-order valence-corrected chi connectivity index (χ2v) is 17.9. The van der Waals surface area contributed by atoms with Crippen molar-refractivity contribution in [2.45, 2.75) is 19.3 Å². The lowest BCUT2D eigenvalue weighted by Gasteiger charge is -2.23. The summed E-state index contributed by atoms with van der Waals surface area (Å²) in [5.41, 5.74) is 13.0. The van der Waals surface area contributed by atoms with Crippen molar-refractivity contribution in [2.75, 3.05) is 0 Å². The first-order chi connectivity index (χ1) is 30.0. The van der Waals surface area contributed by atoms with Gasteiger partial charge in [0.05, 0.1) is 0 Å². The predicted molar refractivity (Wildman–Crippen MR) is 263 cm³/mol. The molecule has 0 unspecified atom stereocenters. The van der Waals surface area contributed by atoms with Crippen LogP contribution in [-0.2, 0) is 5.41 Å². The number of benzene rings is 13. The van der Waals surface area contributed by atoms with E-state index in [1.165, 1.54) is 142 Å². The van der Waals surface area contributed by atoms with E-state index in [0.717, 1.165) is 0 Å². The Hall–Kier alpha value is -7.54. The highest BCUT2D eigenvalue weighted by Crippen LogP contribution is 2.52. The Morgan fingerprint density at radius 3 is 1.28 bits per heavy atom. The molecule has 1 aliphatic carbocycles. The maximum Gasteiger partial charge on any atom is 0.0159 e. The number of fused-ring (bicyclic) bond motifs is 5. The van der Waals surface area contributed by atoms with E-state index >= 15 is 0 Å². The topological polar surface area (TPSA) is 0 Å². The Bertz CT molecular complexity index is 3980. The van der Waals surface area contributed by atoms with Crippen LogP contribution >= 0.6 is 0 Å². The molecule has 0 amide bonds. The molecule has 1 aliphatic rings. The SMILES string of the molecule is CC1(C)c2ccccc2-c2ccc(-c3ccc4c(-c5ccc6ccc7cccc8ccc5c6c78)c5ccccc5c(-c5ccc6ccc7cccc8ccc5c6c78)c4c3)cc21. The van der Waals surface area contributed by atoms with Crippen LogP contribution in [0.1, 0.15) is 25.0 Å². The smallest absolute Gasteiger partial charge is 0.0159 e. The molecule has 0 spiro atoms. The third kappa shape index (κ3) is 4.39. The van der Waals surface area contributed by atoms with Gasteiger partial charge < -0.3 is 0 Å². The first-order valence-electron chi connectivity index (χ1n) is 21.6. The number of rotatable bonds is 3. The molecule has 0 radical (unpaired) electrons. The molecule has 0 heteroatoms. The van der Waals surface area contributed by atoms with E-state index < -0.39 is 0 Å². The van der Waals surface area contributed by atoms with Crippen LogP contribution < -0.4 is 0 Å². The molecule has 0 bridgehead atoms. The third-order valence-electron chi connectivity index (χ3n) is 14.5. The Morgan fingerprint density at radius 1 is 0.262 bits per heavy atom. The molecule has 14 rings (SSSR count). The molecule has 61 heavy (non-hydrogen) atoms. The van der Waals surface area contributed by atoms with Crippen LogP contribution in [0.2, 0.25) is 0 Å².